The first-order chi connectivity index (χ1) is 8.36. The third kappa shape index (κ3) is 2.08. The number of rotatable bonds is 1. The fourth-order valence-electron chi connectivity index (χ4n) is 4.36. The minimum atomic E-state index is -0.0920. The van der Waals surface area contributed by atoms with Crippen molar-refractivity contribution in [2.24, 2.45) is 29.1 Å². The summed E-state index contributed by atoms with van der Waals surface area (Å²) in [7, 11) is 0. The van der Waals surface area contributed by atoms with Crippen LogP contribution in [0.1, 0.15) is 53.4 Å². The Morgan fingerprint density at radius 2 is 1.89 bits per heavy atom. The van der Waals surface area contributed by atoms with E-state index in [1.54, 1.807) is 0 Å². The molecule has 1 aliphatic carbocycles. The molecule has 0 radical (unpaired) electrons. The Hall–Kier alpha value is -0.860. The van der Waals surface area contributed by atoms with Crippen molar-refractivity contribution < 1.29 is 9.59 Å². The summed E-state index contributed by atoms with van der Waals surface area (Å²) in [6.45, 7) is 8.72. The van der Waals surface area contributed by atoms with Crippen LogP contribution in [0.5, 0.6) is 0 Å². The Balaban J connectivity index is 2.38. The number of carbonyl (C=O) groups excluding carboxylic acids is 2. The van der Waals surface area contributed by atoms with Crippen LogP contribution >= 0.6 is 0 Å². The number of amides is 2. The first kappa shape index (κ1) is 13.6. The van der Waals surface area contributed by atoms with E-state index in [0.29, 0.717) is 24.2 Å². The molecule has 18 heavy (non-hydrogen) atoms. The van der Waals surface area contributed by atoms with Crippen molar-refractivity contribution in [3.63, 3.8) is 0 Å². The molecule has 0 aromatic rings. The van der Waals surface area contributed by atoms with Gasteiger partial charge in [-0.3, -0.25) is 14.9 Å². The van der Waals surface area contributed by atoms with Crippen molar-refractivity contribution in [2.75, 3.05) is 0 Å². The summed E-state index contributed by atoms with van der Waals surface area (Å²) in [5.74, 6) is 1.49. The number of carbonyl (C=O) groups is 2. The van der Waals surface area contributed by atoms with Gasteiger partial charge in [0.1, 0.15) is 0 Å². The standard InChI is InChI=1S/C15H25NO2/c1-9(2)12-6-5-10(3)7-15(12)8-13(17)16-14(18)11(15)4/h9-12H,5-8H2,1-4H3,(H,16,17,18). The molecule has 0 bridgehead atoms. The molecule has 3 heteroatoms. The lowest BCUT2D eigenvalue weighted by atomic mass is 9.52. The van der Waals surface area contributed by atoms with Gasteiger partial charge in [-0.15, -0.1) is 0 Å². The highest BCUT2D eigenvalue weighted by molar-refractivity contribution is 5.99. The van der Waals surface area contributed by atoms with Gasteiger partial charge in [0, 0.05) is 12.3 Å². The van der Waals surface area contributed by atoms with Crippen LogP contribution in [0.2, 0.25) is 0 Å². The van der Waals surface area contributed by atoms with Gasteiger partial charge < -0.3 is 0 Å². The van der Waals surface area contributed by atoms with Crippen LogP contribution in [0.25, 0.3) is 0 Å². The molecule has 0 aromatic carbocycles. The molecule has 2 fully saturated rings. The number of hydrogen-bond acceptors (Lipinski definition) is 2. The van der Waals surface area contributed by atoms with Crippen molar-refractivity contribution in [2.45, 2.75) is 53.4 Å². The highest BCUT2D eigenvalue weighted by Gasteiger charge is 2.53. The Labute approximate surface area is 110 Å². The molecule has 1 spiro atoms. The van der Waals surface area contributed by atoms with Gasteiger partial charge >= 0.3 is 0 Å². The molecule has 2 aliphatic rings. The predicted octanol–water partition coefficient (Wildman–Crippen LogP) is 2.75. The van der Waals surface area contributed by atoms with Crippen LogP contribution in [0, 0.1) is 29.1 Å². The highest BCUT2D eigenvalue weighted by Crippen LogP contribution is 2.54. The van der Waals surface area contributed by atoms with E-state index in [9.17, 15) is 9.59 Å². The fourth-order valence-corrected chi connectivity index (χ4v) is 4.36. The maximum atomic E-state index is 12.0. The van der Waals surface area contributed by atoms with Crippen molar-refractivity contribution >= 4 is 11.8 Å². The maximum absolute atomic E-state index is 12.0. The Bertz CT molecular complexity index is 364. The van der Waals surface area contributed by atoms with Gasteiger partial charge in [-0.1, -0.05) is 34.1 Å². The minimum absolute atomic E-state index is 0.0367. The second-order valence-electron chi connectivity index (χ2n) is 6.78. The van der Waals surface area contributed by atoms with E-state index in [4.69, 9.17) is 0 Å². The molecule has 0 aromatic heterocycles. The van der Waals surface area contributed by atoms with E-state index < -0.39 is 0 Å². The van der Waals surface area contributed by atoms with Crippen LogP contribution in [0.15, 0.2) is 0 Å². The van der Waals surface area contributed by atoms with E-state index in [1.807, 2.05) is 6.92 Å². The second-order valence-corrected chi connectivity index (χ2v) is 6.78. The van der Waals surface area contributed by atoms with Crippen LogP contribution in [0.3, 0.4) is 0 Å². The fraction of sp³-hybridized carbons (Fsp3) is 0.867. The van der Waals surface area contributed by atoms with Crippen LogP contribution in [0.4, 0.5) is 0 Å². The van der Waals surface area contributed by atoms with Crippen molar-refractivity contribution in [1.29, 1.82) is 0 Å². The van der Waals surface area contributed by atoms with Crippen molar-refractivity contribution in [3.05, 3.63) is 0 Å². The van der Waals surface area contributed by atoms with Crippen LogP contribution in [-0.4, -0.2) is 11.8 Å². The number of nitrogens with one attached hydrogen (secondary N) is 1. The summed E-state index contributed by atoms with van der Waals surface area (Å²) in [5.41, 5.74) is -0.0920. The summed E-state index contributed by atoms with van der Waals surface area (Å²) in [4.78, 5) is 23.9. The monoisotopic (exact) mass is 251 g/mol. The number of imide groups is 1. The molecular formula is C15H25NO2. The number of piperidine rings is 1. The minimum Gasteiger partial charge on any atom is -0.296 e. The average Bonchev–Trinajstić information content (AvgIpc) is 2.25. The van der Waals surface area contributed by atoms with Gasteiger partial charge in [0.2, 0.25) is 11.8 Å². The molecule has 2 amide bonds. The van der Waals surface area contributed by atoms with E-state index >= 15 is 0 Å². The van der Waals surface area contributed by atoms with Gasteiger partial charge in [-0.2, -0.15) is 0 Å². The van der Waals surface area contributed by atoms with Crippen molar-refractivity contribution in [1.82, 2.24) is 5.32 Å². The lowest BCUT2D eigenvalue weighted by Gasteiger charge is -2.52. The van der Waals surface area contributed by atoms with Crippen LogP contribution < -0.4 is 5.32 Å². The zero-order valence-electron chi connectivity index (χ0n) is 12.0. The van der Waals surface area contributed by atoms with E-state index in [2.05, 4.69) is 26.1 Å². The molecule has 4 atom stereocenters. The summed E-state index contributed by atoms with van der Waals surface area (Å²) in [6.07, 6.45) is 3.94. The smallest absolute Gasteiger partial charge is 0.229 e. The topological polar surface area (TPSA) is 46.2 Å². The quantitative estimate of drug-likeness (QED) is 0.728. The zero-order valence-corrected chi connectivity index (χ0v) is 12.0. The Kier molecular flexibility index (Phi) is 3.52. The number of hydrogen-bond donors (Lipinski definition) is 1. The summed E-state index contributed by atoms with van der Waals surface area (Å²) >= 11 is 0. The van der Waals surface area contributed by atoms with Crippen LogP contribution in [-0.2, 0) is 9.59 Å². The largest absolute Gasteiger partial charge is 0.296 e. The van der Waals surface area contributed by atoms with E-state index in [-0.39, 0.29) is 23.1 Å². The first-order valence-electron chi connectivity index (χ1n) is 7.20. The lowest BCUT2D eigenvalue weighted by Crippen LogP contribution is -2.56. The molecule has 4 unspecified atom stereocenters. The Morgan fingerprint density at radius 3 is 2.50 bits per heavy atom. The third-order valence-electron chi connectivity index (χ3n) is 5.25. The molecule has 1 aliphatic heterocycles. The van der Waals surface area contributed by atoms with E-state index in [0.717, 1.165) is 12.8 Å². The molecule has 1 heterocycles. The molecular weight excluding hydrogens is 226 g/mol. The highest BCUT2D eigenvalue weighted by atomic mass is 16.2. The molecule has 1 saturated heterocycles. The zero-order chi connectivity index (χ0) is 13.5. The molecule has 3 nitrogen and oxygen atoms in total. The summed E-state index contributed by atoms with van der Waals surface area (Å²) in [5, 5.41) is 2.50. The normalized spacial score (nSPS) is 41.3. The third-order valence-corrected chi connectivity index (χ3v) is 5.25. The van der Waals surface area contributed by atoms with Gasteiger partial charge in [0.15, 0.2) is 0 Å². The second kappa shape index (κ2) is 4.67. The van der Waals surface area contributed by atoms with E-state index in [1.165, 1.54) is 6.42 Å². The van der Waals surface area contributed by atoms with Gasteiger partial charge in [-0.05, 0) is 36.0 Å². The molecule has 102 valence electrons. The Morgan fingerprint density at radius 1 is 1.22 bits per heavy atom. The predicted molar refractivity (Wildman–Crippen MR) is 70.7 cm³/mol. The lowest BCUT2D eigenvalue weighted by molar-refractivity contribution is -0.150. The SMILES string of the molecule is CC1CCC(C(C)C)C2(CC(=O)NC(=O)C2C)C1. The summed E-state index contributed by atoms with van der Waals surface area (Å²) in [6, 6.07) is 0. The van der Waals surface area contributed by atoms with Gasteiger partial charge in [0.05, 0.1) is 0 Å². The van der Waals surface area contributed by atoms with Crippen molar-refractivity contribution in [3.8, 4) is 0 Å². The molecule has 1 N–H and O–H groups in total. The average molecular weight is 251 g/mol. The summed E-state index contributed by atoms with van der Waals surface area (Å²) < 4.78 is 0. The molecule has 1 saturated carbocycles. The van der Waals surface area contributed by atoms with Gasteiger partial charge in [-0.25, -0.2) is 0 Å². The van der Waals surface area contributed by atoms with Gasteiger partial charge in [0.25, 0.3) is 0 Å². The first-order valence-corrected chi connectivity index (χ1v) is 7.20. The maximum Gasteiger partial charge on any atom is 0.229 e. The molecule has 2 rings (SSSR count).